The fraction of sp³-hybridized carbons (Fsp3) is 0. The van der Waals surface area contributed by atoms with Crippen molar-refractivity contribution in [1.82, 2.24) is 0 Å². The molecule has 6 heteroatoms. The molecule has 0 atom stereocenters. The standard InChI is InChI=1S/C30H25O5Se/c1-6-16-26(17-7-1)31-36(32-27-18-8-2-9-19-27,33-28-20-10-3-11-21-28,34-29-22-12-4-13-23-29)35-30-24-14-5-15-25-30/h1-25H. The van der Waals surface area contributed by atoms with Crippen molar-refractivity contribution >= 4 is 13.4 Å². The Morgan fingerprint density at radius 3 is 0.583 bits per heavy atom. The quantitative estimate of drug-likeness (QED) is 0.173. The van der Waals surface area contributed by atoms with Gasteiger partial charge in [0.1, 0.15) is 0 Å². The van der Waals surface area contributed by atoms with Gasteiger partial charge in [0.25, 0.3) is 0 Å². The minimum absolute atomic E-state index is 0.469. The predicted molar refractivity (Wildman–Crippen MR) is 141 cm³/mol. The first-order chi connectivity index (χ1) is 17.7. The molecule has 1 radical (unpaired) electrons. The Hall–Kier alpha value is -4.38. The fourth-order valence-corrected chi connectivity index (χ4v) is 8.51. The topological polar surface area (TPSA) is 46.2 Å². The molecule has 0 heterocycles. The third kappa shape index (κ3) is 5.63. The van der Waals surface area contributed by atoms with Gasteiger partial charge in [-0.05, 0) is 0 Å². The van der Waals surface area contributed by atoms with Gasteiger partial charge in [-0.15, -0.1) is 0 Å². The van der Waals surface area contributed by atoms with E-state index in [1.54, 1.807) is 0 Å². The molecular formula is C30H25O5Se. The molecule has 5 aromatic carbocycles. The maximum atomic E-state index is 6.68. The average Bonchev–Trinajstić information content (AvgIpc) is 2.91. The van der Waals surface area contributed by atoms with Crippen molar-refractivity contribution in [2.45, 2.75) is 0 Å². The molecule has 0 fully saturated rings. The molecule has 0 saturated carbocycles. The molecule has 5 rings (SSSR count). The van der Waals surface area contributed by atoms with Crippen molar-refractivity contribution < 1.29 is 19.1 Å². The molecule has 181 valence electrons. The molecule has 5 aromatic rings. The first-order valence-electron chi connectivity index (χ1n) is 11.4. The summed E-state index contributed by atoms with van der Waals surface area (Å²) >= 11 is -5.64. The summed E-state index contributed by atoms with van der Waals surface area (Å²) in [7, 11) is 0. The summed E-state index contributed by atoms with van der Waals surface area (Å²) in [6.07, 6.45) is 0. The summed E-state index contributed by atoms with van der Waals surface area (Å²) < 4.78 is 33.4. The number of benzene rings is 5. The maximum absolute atomic E-state index is 6.68. The molecule has 0 aliphatic heterocycles. The van der Waals surface area contributed by atoms with Crippen LogP contribution in [-0.2, 0) is 0 Å². The minimum atomic E-state index is -5.64. The molecule has 5 nitrogen and oxygen atoms in total. The first-order valence-corrected chi connectivity index (χ1v) is 14.9. The van der Waals surface area contributed by atoms with Gasteiger partial charge in [0, 0.05) is 0 Å². The number of hydrogen-bond donors (Lipinski definition) is 0. The summed E-state index contributed by atoms with van der Waals surface area (Å²) in [5, 5.41) is 0. The summed E-state index contributed by atoms with van der Waals surface area (Å²) in [4.78, 5) is 0. The van der Waals surface area contributed by atoms with Crippen LogP contribution in [0.3, 0.4) is 0 Å². The van der Waals surface area contributed by atoms with Crippen LogP contribution in [0.5, 0.6) is 28.7 Å². The molecular weight excluding hydrogens is 519 g/mol. The van der Waals surface area contributed by atoms with Gasteiger partial charge in [-0.2, -0.15) is 0 Å². The molecule has 0 amide bonds. The van der Waals surface area contributed by atoms with Gasteiger partial charge in [0.15, 0.2) is 0 Å². The van der Waals surface area contributed by atoms with Crippen LogP contribution >= 0.6 is 0 Å². The van der Waals surface area contributed by atoms with E-state index in [1.807, 2.05) is 152 Å². The normalized spacial score (nSPS) is 11.9. The Labute approximate surface area is 212 Å². The van der Waals surface area contributed by atoms with Crippen LogP contribution in [0.15, 0.2) is 152 Å². The molecule has 0 bridgehead atoms. The zero-order valence-corrected chi connectivity index (χ0v) is 21.1. The Kier molecular flexibility index (Phi) is 6.80. The van der Waals surface area contributed by atoms with E-state index < -0.39 is 13.4 Å². The van der Waals surface area contributed by atoms with E-state index in [4.69, 9.17) is 19.1 Å². The van der Waals surface area contributed by atoms with Crippen molar-refractivity contribution in [1.29, 1.82) is 0 Å². The SMILES string of the molecule is c1ccc(O[Se](Oc2ccccc2)(Oc2ccccc2)(Oc2ccccc2)Oc2ccccc2)cc1. The predicted octanol–water partition coefficient (Wildman–Crippen LogP) is 7.27. The van der Waals surface area contributed by atoms with Gasteiger partial charge in [0.05, 0.1) is 0 Å². The molecule has 0 aromatic heterocycles. The molecule has 0 unspecified atom stereocenters. The molecule has 0 N–H and O–H groups in total. The van der Waals surface area contributed by atoms with Crippen LogP contribution < -0.4 is 19.1 Å². The van der Waals surface area contributed by atoms with Crippen LogP contribution in [0.2, 0.25) is 0 Å². The molecule has 0 aliphatic carbocycles. The second-order valence-corrected chi connectivity index (χ2v) is 12.3. The summed E-state index contributed by atoms with van der Waals surface area (Å²) in [5.41, 5.74) is 0. The number of rotatable bonds is 10. The van der Waals surface area contributed by atoms with Gasteiger partial charge in [-0.1, -0.05) is 0 Å². The van der Waals surface area contributed by atoms with Crippen LogP contribution in [0.4, 0.5) is 0 Å². The molecule has 0 saturated heterocycles. The summed E-state index contributed by atoms with van der Waals surface area (Å²) in [6.45, 7) is 0. The van der Waals surface area contributed by atoms with E-state index in [0.29, 0.717) is 28.7 Å². The van der Waals surface area contributed by atoms with E-state index in [2.05, 4.69) is 0 Å². The van der Waals surface area contributed by atoms with E-state index >= 15 is 0 Å². The van der Waals surface area contributed by atoms with E-state index in [0.717, 1.165) is 0 Å². The monoisotopic (exact) mass is 545 g/mol. The van der Waals surface area contributed by atoms with Gasteiger partial charge >= 0.3 is 213 Å². The van der Waals surface area contributed by atoms with Crippen LogP contribution in [0, 0.1) is 0 Å². The second kappa shape index (κ2) is 10.5. The third-order valence-electron chi connectivity index (χ3n) is 4.88. The Morgan fingerprint density at radius 2 is 0.417 bits per heavy atom. The van der Waals surface area contributed by atoms with Crippen molar-refractivity contribution in [3.8, 4) is 28.7 Å². The third-order valence-corrected chi connectivity index (χ3v) is 9.75. The van der Waals surface area contributed by atoms with E-state index in [-0.39, 0.29) is 0 Å². The van der Waals surface area contributed by atoms with Crippen molar-refractivity contribution in [2.75, 3.05) is 0 Å². The first kappa shape index (κ1) is 23.4. The summed E-state index contributed by atoms with van der Waals surface area (Å²) in [6, 6.07) is 46.2. The zero-order chi connectivity index (χ0) is 24.5. The zero-order valence-electron chi connectivity index (χ0n) is 19.4. The van der Waals surface area contributed by atoms with Gasteiger partial charge in [-0.3, -0.25) is 0 Å². The van der Waals surface area contributed by atoms with Gasteiger partial charge in [0.2, 0.25) is 0 Å². The number of para-hydroxylation sites is 5. The average molecular weight is 544 g/mol. The molecule has 36 heavy (non-hydrogen) atoms. The van der Waals surface area contributed by atoms with Crippen LogP contribution in [-0.4, -0.2) is 13.4 Å². The van der Waals surface area contributed by atoms with Crippen molar-refractivity contribution in [2.24, 2.45) is 0 Å². The Morgan fingerprint density at radius 1 is 0.250 bits per heavy atom. The Bertz CT molecular complexity index is 1090. The van der Waals surface area contributed by atoms with Gasteiger partial charge in [-0.25, -0.2) is 0 Å². The molecule has 0 spiro atoms. The van der Waals surface area contributed by atoms with Gasteiger partial charge < -0.3 is 0 Å². The fourth-order valence-electron chi connectivity index (χ4n) is 3.34. The van der Waals surface area contributed by atoms with Crippen LogP contribution in [0.25, 0.3) is 0 Å². The Balaban J connectivity index is 1.76. The van der Waals surface area contributed by atoms with Crippen LogP contribution in [0.1, 0.15) is 0 Å². The van der Waals surface area contributed by atoms with Crippen molar-refractivity contribution in [3.63, 3.8) is 0 Å². The second-order valence-electron chi connectivity index (χ2n) is 7.66. The van der Waals surface area contributed by atoms with Crippen molar-refractivity contribution in [3.05, 3.63) is 152 Å². The number of hydrogen-bond acceptors (Lipinski definition) is 5. The van der Waals surface area contributed by atoms with E-state index in [1.165, 1.54) is 0 Å². The summed E-state index contributed by atoms with van der Waals surface area (Å²) in [5.74, 6) is 2.34. The van der Waals surface area contributed by atoms with E-state index in [9.17, 15) is 0 Å². The molecule has 0 aliphatic rings.